The van der Waals surface area contributed by atoms with Crippen LogP contribution in [0.2, 0.25) is 0 Å². The first-order valence-electron chi connectivity index (χ1n) is 11.5. The lowest BCUT2D eigenvalue weighted by atomic mass is 10.0. The quantitative estimate of drug-likeness (QED) is 0.368. The molecule has 0 atom stereocenters. The van der Waals surface area contributed by atoms with Crippen molar-refractivity contribution in [3.8, 4) is 22.6 Å². The zero-order valence-corrected chi connectivity index (χ0v) is 20.1. The summed E-state index contributed by atoms with van der Waals surface area (Å²) in [6, 6.07) is 12.0. The third kappa shape index (κ3) is 3.86. The minimum Gasteiger partial charge on any atom is -0.477 e. The number of hydrogen-bond acceptors (Lipinski definition) is 6. The van der Waals surface area contributed by atoms with E-state index in [9.17, 15) is 9.90 Å². The highest BCUT2D eigenvalue weighted by Crippen LogP contribution is 2.33. The Bertz CT molecular complexity index is 1530. The number of aryl methyl sites for hydroxylation is 3. The van der Waals surface area contributed by atoms with E-state index in [0.717, 1.165) is 51.5 Å². The molecule has 0 radical (unpaired) electrons. The van der Waals surface area contributed by atoms with E-state index >= 15 is 0 Å². The molecule has 1 aromatic carbocycles. The third-order valence-corrected chi connectivity index (χ3v) is 6.28. The van der Waals surface area contributed by atoms with Gasteiger partial charge >= 0.3 is 5.97 Å². The van der Waals surface area contributed by atoms with Crippen molar-refractivity contribution in [2.24, 2.45) is 0 Å². The van der Waals surface area contributed by atoms with Crippen LogP contribution in [0.4, 0.5) is 0 Å². The molecule has 5 aromatic rings. The van der Waals surface area contributed by atoms with Crippen LogP contribution in [0.25, 0.3) is 33.8 Å². The van der Waals surface area contributed by atoms with Gasteiger partial charge in [-0.15, -0.1) is 10.2 Å². The molecule has 178 valence electrons. The van der Waals surface area contributed by atoms with Gasteiger partial charge in [0, 0.05) is 24.2 Å². The molecule has 0 aliphatic rings. The van der Waals surface area contributed by atoms with Crippen molar-refractivity contribution in [3.63, 3.8) is 0 Å². The summed E-state index contributed by atoms with van der Waals surface area (Å²) in [7, 11) is 0. The number of nitrogens with one attached hydrogen (secondary N) is 1. The molecule has 0 amide bonds. The summed E-state index contributed by atoms with van der Waals surface area (Å²) in [4.78, 5) is 20.7. The van der Waals surface area contributed by atoms with E-state index in [1.807, 2.05) is 18.4 Å². The number of fused-ring (bicyclic) bond motifs is 1. The van der Waals surface area contributed by atoms with Crippen LogP contribution in [0.5, 0.6) is 0 Å². The van der Waals surface area contributed by atoms with Crippen LogP contribution in [-0.4, -0.2) is 50.8 Å². The van der Waals surface area contributed by atoms with Crippen molar-refractivity contribution < 1.29 is 9.90 Å². The summed E-state index contributed by atoms with van der Waals surface area (Å²) in [6.45, 7) is 9.45. The molecule has 4 heterocycles. The Morgan fingerprint density at radius 1 is 1.06 bits per heavy atom. The topological polar surface area (TPSA) is 127 Å². The van der Waals surface area contributed by atoms with Gasteiger partial charge in [-0.1, -0.05) is 31.2 Å². The van der Waals surface area contributed by atoms with Crippen molar-refractivity contribution in [1.82, 2.24) is 39.7 Å². The van der Waals surface area contributed by atoms with Crippen molar-refractivity contribution in [3.05, 3.63) is 64.7 Å². The first-order chi connectivity index (χ1) is 16.9. The van der Waals surface area contributed by atoms with E-state index in [1.54, 1.807) is 6.07 Å². The van der Waals surface area contributed by atoms with E-state index in [-0.39, 0.29) is 5.69 Å². The number of aromatic nitrogens is 8. The fourth-order valence-electron chi connectivity index (χ4n) is 4.63. The lowest BCUT2D eigenvalue weighted by molar-refractivity contribution is 0.0690. The third-order valence-electron chi connectivity index (χ3n) is 6.28. The predicted octanol–water partition coefficient (Wildman–Crippen LogP) is 4.03. The molecule has 4 aromatic heterocycles. The van der Waals surface area contributed by atoms with Gasteiger partial charge < -0.3 is 14.2 Å². The van der Waals surface area contributed by atoms with Crippen LogP contribution >= 0.6 is 0 Å². The highest BCUT2D eigenvalue weighted by atomic mass is 16.4. The lowest BCUT2D eigenvalue weighted by Gasteiger charge is -2.12. The van der Waals surface area contributed by atoms with E-state index in [2.05, 4.69) is 74.4 Å². The minimum absolute atomic E-state index is 0.0267. The van der Waals surface area contributed by atoms with Crippen molar-refractivity contribution >= 4 is 17.1 Å². The van der Waals surface area contributed by atoms with Gasteiger partial charge in [-0.2, -0.15) is 5.21 Å². The molecule has 0 bridgehead atoms. The largest absolute Gasteiger partial charge is 0.477 e. The van der Waals surface area contributed by atoms with Gasteiger partial charge in [0.15, 0.2) is 11.3 Å². The predicted molar refractivity (Wildman–Crippen MR) is 131 cm³/mol. The Hall–Kier alpha value is -4.34. The van der Waals surface area contributed by atoms with Gasteiger partial charge in [0.2, 0.25) is 5.82 Å². The molecular formula is C25H26N8O2. The van der Waals surface area contributed by atoms with Gasteiger partial charge in [-0.3, -0.25) is 0 Å². The van der Waals surface area contributed by atoms with Crippen molar-refractivity contribution in [2.75, 3.05) is 0 Å². The van der Waals surface area contributed by atoms with E-state index in [1.165, 1.54) is 0 Å². The molecule has 0 spiro atoms. The Morgan fingerprint density at radius 3 is 2.46 bits per heavy atom. The number of benzene rings is 1. The highest BCUT2D eigenvalue weighted by molar-refractivity contribution is 5.89. The number of carbonyl (C=O) groups is 1. The number of carboxylic acid groups (broad SMARTS) is 1. The zero-order chi connectivity index (χ0) is 24.7. The number of tetrazole rings is 1. The van der Waals surface area contributed by atoms with Gasteiger partial charge in [0.05, 0.1) is 12.2 Å². The molecule has 0 saturated heterocycles. The Morgan fingerprint density at radius 2 is 1.83 bits per heavy atom. The van der Waals surface area contributed by atoms with Crippen LogP contribution in [0, 0.1) is 13.8 Å². The van der Waals surface area contributed by atoms with Crippen LogP contribution < -0.4 is 0 Å². The first kappa shape index (κ1) is 22.5. The molecule has 0 aliphatic heterocycles. The number of hydrogen-bond donors (Lipinski definition) is 2. The molecule has 0 aliphatic carbocycles. The smallest absolute Gasteiger partial charge is 0.354 e. The maximum Gasteiger partial charge on any atom is 0.354 e. The maximum absolute atomic E-state index is 11.6. The fraction of sp³-hybridized carbons (Fsp3) is 0.280. The zero-order valence-electron chi connectivity index (χ0n) is 20.1. The van der Waals surface area contributed by atoms with Crippen LogP contribution in [0.1, 0.15) is 47.0 Å². The molecule has 0 unspecified atom stereocenters. The molecule has 0 saturated carbocycles. The number of aromatic carboxylic acids is 1. The average molecular weight is 471 g/mol. The molecule has 5 rings (SSSR count). The summed E-state index contributed by atoms with van der Waals surface area (Å²) in [6.07, 6.45) is 0.716. The molecule has 10 nitrogen and oxygen atoms in total. The maximum atomic E-state index is 11.6. The molecule has 0 fully saturated rings. The number of pyridine rings is 1. The number of carboxylic acids is 1. The molecule has 2 N–H and O–H groups in total. The Kier molecular flexibility index (Phi) is 5.64. The molecule has 35 heavy (non-hydrogen) atoms. The number of aromatic amines is 1. The lowest BCUT2D eigenvalue weighted by Crippen LogP contribution is -2.08. The summed E-state index contributed by atoms with van der Waals surface area (Å²) in [5, 5.41) is 24.1. The van der Waals surface area contributed by atoms with E-state index in [4.69, 9.17) is 4.98 Å². The summed E-state index contributed by atoms with van der Waals surface area (Å²) in [5.74, 6) is 0.390. The van der Waals surface area contributed by atoms with Crippen LogP contribution in [-0.2, 0) is 19.5 Å². The summed E-state index contributed by atoms with van der Waals surface area (Å²) < 4.78 is 4.24. The summed E-state index contributed by atoms with van der Waals surface area (Å²) >= 11 is 0. The summed E-state index contributed by atoms with van der Waals surface area (Å²) in [5.41, 5.74) is 7.39. The van der Waals surface area contributed by atoms with Gasteiger partial charge in [0.1, 0.15) is 11.3 Å². The second-order valence-electron chi connectivity index (χ2n) is 8.49. The van der Waals surface area contributed by atoms with Gasteiger partial charge in [0.25, 0.3) is 0 Å². The highest BCUT2D eigenvalue weighted by Gasteiger charge is 2.19. The van der Waals surface area contributed by atoms with Crippen LogP contribution in [0.3, 0.4) is 0 Å². The first-order valence-corrected chi connectivity index (χ1v) is 11.5. The van der Waals surface area contributed by atoms with E-state index in [0.29, 0.717) is 24.4 Å². The van der Waals surface area contributed by atoms with Crippen molar-refractivity contribution in [2.45, 2.75) is 47.2 Å². The monoisotopic (exact) mass is 470 g/mol. The average Bonchev–Trinajstić information content (AvgIpc) is 3.57. The van der Waals surface area contributed by atoms with Gasteiger partial charge in [-0.05, 0) is 54.8 Å². The van der Waals surface area contributed by atoms with E-state index < -0.39 is 5.97 Å². The second-order valence-corrected chi connectivity index (χ2v) is 8.49. The number of imidazole rings is 1. The minimum atomic E-state index is -1.04. The van der Waals surface area contributed by atoms with Crippen LogP contribution in [0.15, 0.2) is 36.4 Å². The standard InChI is InChI=1S/C25H26N8O2/c1-5-20-27-21-14(3)11-19(25(34)35)26-24(21)33(20)13-16-7-9-17(10-8-16)22-18(23-28-30-31-29-23)12-15(4)32(22)6-2/h7-12H,5-6,13H2,1-4H3,(H,34,35)(H,28,29,30,31). The Labute approximate surface area is 201 Å². The molecule has 10 heteroatoms. The van der Waals surface area contributed by atoms with Gasteiger partial charge in [-0.25, -0.2) is 14.8 Å². The van der Waals surface area contributed by atoms with Crippen molar-refractivity contribution in [1.29, 1.82) is 0 Å². The SMILES string of the molecule is CCc1nc2c(C)cc(C(=O)O)nc2n1Cc1ccc(-c2c(-c3nn[nH]n3)cc(C)n2CC)cc1. The second kappa shape index (κ2) is 8.79. The normalized spacial score (nSPS) is 11.4. The number of H-pyrrole nitrogens is 1. The fourth-order valence-corrected chi connectivity index (χ4v) is 4.63. The number of rotatable bonds is 7. The number of nitrogens with zero attached hydrogens (tertiary/aromatic N) is 7. The molecular weight excluding hydrogens is 444 g/mol. The Balaban J connectivity index is 1.55.